The Morgan fingerprint density at radius 3 is 1.86 bits per heavy atom. The minimum absolute atomic E-state index is 0. The summed E-state index contributed by atoms with van der Waals surface area (Å²) in [4.78, 5) is 10.6. The molecule has 2 unspecified atom stereocenters. The number of allylic oxidation sites excluding steroid dienone is 6. The van der Waals surface area contributed by atoms with Crippen LogP contribution in [0.1, 0.15) is 84.1 Å². The van der Waals surface area contributed by atoms with Gasteiger partial charge in [0.1, 0.15) is 16.7 Å². The molecule has 2 atom stereocenters. The Balaban J connectivity index is 0.0000108. The zero-order chi connectivity index (χ0) is 41.5. The van der Waals surface area contributed by atoms with Crippen molar-refractivity contribution in [3.63, 3.8) is 0 Å². The summed E-state index contributed by atoms with van der Waals surface area (Å²) in [6, 6.07) is 3.90. The number of hydrogen-bond acceptors (Lipinski definition) is 15. The van der Waals surface area contributed by atoms with Gasteiger partial charge in [0.05, 0.1) is 40.7 Å². The first-order valence-corrected chi connectivity index (χ1v) is 23.6. The first-order chi connectivity index (χ1) is 25.3. The molecule has 0 saturated carbocycles. The standard InChI is InChI=1S/C34H49N3O14S4.3Na/c1-26-33(2,18-10-22-52(40,41)42)31(37(35-26)21-12-24-54(46,47)48)14-7-4-6-13-30-34(3,19-11-23-53(43,44)45)28-25-27(55(49,50)51)16-17-29(28)36(30)20-9-5-8-15-32(38)39;;;/h4,6-7,13-14,16-17,25H,5,8-12,15,18-24H2,1-3H3,(H4-,38,39,40,41,42,43,44,45,46,47,48,49,50,51);;;/q;3*+1/p-3. The van der Waals surface area contributed by atoms with Crippen LogP contribution >= 0.6 is 0 Å². The van der Waals surface area contributed by atoms with E-state index in [1.165, 1.54) is 23.2 Å². The van der Waals surface area contributed by atoms with E-state index >= 15 is 0 Å². The molecule has 0 spiro atoms. The van der Waals surface area contributed by atoms with Crippen LogP contribution in [0, 0.1) is 5.41 Å². The van der Waals surface area contributed by atoms with Crippen LogP contribution in [-0.4, -0.2) is 114 Å². The Labute approximate surface area is 408 Å². The number of nitrogens with zero attached hydrogens (tertiary/aromatic N) is 3. The maximum Gasteiger partial charge on any atom is 1.00 e. The third-order valence-corrected chi connectivity index (χ3v) is 13.0. The van der Waals surface area contributed by atoms with E-state index in [1.54, 1.807) is 51.2 Å². The van der Waals surface area contributed by atoms with E-state index in [1.807, 2.05) is 4.58 Å². The van der Waals surface area contributed by atoms with Crippen LogP contribution in [0.3, 0.4) is 0 Å². The van der Waals surface area contributed by atoms with Crippen molar-refractivity contribution in [2.45, 2.75) is 88.9 Å². The molecule has 0 amide bonds. The fraction of sp³-hybridized carbons (Fsp3) is 0.559. The Morgan fingerprint density at radius 1 is 0.776 bits per heavy atom. The number of unbranched alkanes of at least 4 members (excludes halogenated alkanes) is 2. The van der Waals surface area contributed by atoms with Crippen molar-refractivity contribution >= 4 is 63.6 Å². The number of aliphatic carboxylic acids is 1. The van der Waals surface area contributed by atoms with Crippen molar-refractivity contribution in [1.29, 1.82) is 0 Å². The second-order valence-electron chi connectivity index (χ2n) is 14.0. The second kappa shape index (κ2) is 23.9. The number of hydrazone groups is 1. The maximum atomic E-state index is 12.0. The molecule has 24 heteroatoms. The first kappa shape index (κ1) is 57.7. The van der Waals surface area contributed by atoms with E-state index in [9.17, 15) is 56.7 Å². The number of fused-ring (bicyclic) bond motifs is 1. The van der Waals surface area contributed by atoms with E-state index < -0.39 is 79.4 Å². The molecule has 0 bridgehead atoms. The number of carbonyl (C=O) groups is 1. The summed E-state index contributed by atoms with van der Waals surface area (Å²) in [5, 5.41) is 15.1. The molecule has 2 aliphatic rings. The predicted octanol–water partition coefficient (Wildman–Crippen LogP) is -6.12. The molecule has 0 aliphatic carbocycles. The molecule has 17 nitrogen and oxygen atoms in total. The van der Waals surface area contributed by atoms with Crippen molar-refractivity contribution in [3.05, 3.63) is 59.8 Å². The topological polar surface area (TPSA) is 285 Å². The number of rotatable bonds is 22. The van der Waals surface area contributed by atoms with Crippen LogP contribution in [0.5, 0.6) is 0 Å². The van der Waals surface area contributed by atoms with Crippen molar-refractivity contribution in [1.82, 2.24) is 5.01 Å². The van der Waals surface area contributed by atoms with Gasteiger partial charge in [0, 0.05) is 71.2 Å². The zero-order valence-corrected chi connectivity index (χ0v) is 43.0. The quantitative estimate of drug-likeness (QED) is 0.0373. The molecule has 3 rings (SSSR count). The van der Waals surface area contributed by atoms with E-state index in [0.29, 0.717) is 54.2 Å². The van der Waals surface area contributed by atoms with Crippen LogP contribution in [0.2, 0.25) is 0 Å². The molecule has 0 saturated heterocycles. The molecule has 0 aromatic heterocycles. The Hall–Kier alpha value is -0.310. The fourth-order valence-electron chi connectivity index (χ4n) is 6.93. The maximum absolute atomic E-state index is 12.0. The van der Waals surface area contributed by atoms with Gasteiger partial charge in [-0.05, 0) is 83.9 Å². The molecular weight excluding hydrogens is 872 g/mol. The van der Waals surface area contributed by atoms with Crippen molar-refractivity contribution in [2.75, 3.05) is 30.3 Å². The zero-order valence-electron chi connectivity index (χ0n) is 33.7. The Bertz CT molecular complexity index is 2230. The summed E-state index contributed by atoms with van der Waals surface area (Å²) in [6.07, 6.45) is 9.95. The summed E-state index contributed by atoms with van der Waals surface area (Å²) in [5.74, 6) is -2.86. The first-order valence-electron chi connectivity index (χ1n) is 17.4. The van der Waals surface area contributed by atoms with Gasteiger partial charge in [0.25, 0.3) is 0 Å². The van der Waals surface area contributed by atoms with E-state index in [2.05, 4.69) is 5.10 Å². The van der Waals surface area contributed by atoms with Gasteiger partial charge in [-0.2, -0.15) is 9.68 Å². The number of hydrogen-bond donors (Lipinski definition) is 1. The smallest absolute Gasteiger partial charge is 0.748 e. The molecule has 1 N–H and O–H groups in total. The summed E-state index contributed by atoms with van der Waals surface area (Å²) in [7, 11) is -18.5. The Morgan fingerprint density at radius 2 is 1.33 bits per heavy atom. The molecule has 0 radical (unpaired) electrons. The molecule has 1 aromatic rings. The predicted molar refractivity (Wildman–Crippen MR) is 199 cm³/mol. The van der Waals surface area contributed by atoms with Crippen LogP contribution in [0.15, 0.2) is 64.3 Å². The van der Waals surface area contributed by atoms with E-state index in [0.717, 1.165) is 0 Å². The molecule has 2 heterocycles. The van der Waals surface area contributed by atoms with Crippen molar-refractivity contribution in [3.8, 4) is 0 Å². The molecule has 2 aliphatic heterocycles. The van der Waals surface area contributed by atoms with Gasteiger partial charge >= 0.3 is 94.6 Å². The molecular formula is C34H46N3Na3O14S4. The van der Waals surface area contributed by atoms with Gasteiger partial charge in [-0.15, -0.1) is 0 Å². The van der Waals surface area contributed by atoms with Gasteiger partial charge in [-0.1, -0.05) is 18.2 Å². The second-order valence-corrected chi connectivity index (χ2v) is 19.9. The van der Waals surface area contributed by atoms with Gasteiger partial charge in [-0.3, -0.25) is 9.80 Å². The molecule has 1 aromatic carbocycles. The molecule has 58 heavy (non-hydrogen) atoms. The number of benzene rings is 1. The molecule has 308 valence electrons. The van der Waals surface area contributed by atoms with E-state index in [4.69, 9.17) is 5.11 Å². The van der Waals surface area contributed by atoms with Gasteiger partial charge in [0.15, 0.2) is 5.71 Å². The minimum Gasteiger partial charge on any atom is -0.748 e. The largest absolute Gasteiger partial charge is 1.00 e. The summed E-state index contributed by atoms with van der Waals surface area (Å²) in [5.41, 5.74) is 0.758. The van der Waals surface area contributed by atoms with Crippen molar-refractivity contribution in [2.24, 2.45) is 10.5 Å². The summed E-state index contributed by atoms with van der Waals surface area (Å²) < 4.78 is 140. The van der Waals surface area contributed by atoms with Gasteiger partial charge in [-0.25, -0.2) is 33.7 Å². The summed E-state index contributed by atoms with van der Waals surface area (Å²) in [6.45, 7) is 5.65. The van der Waals surface area contributed by atoms with Gasteiger partial charge in [0.2, 0.25) is 5.69 Å². The number of carboxylic acid groups (broad SMARTS) is 1. The van der Waals surface area contributed by atoms with Crippen molar-refractivity contribution < 1.29 is 155 Å². The monoisotopic (exact) mass is 917 g/mol. The SMILES string of the molecule is CC1=NN(CCCS(=O)(=O)[O-])/C(=C/C=C/C=C/C2=[N+](CCCCCC(=O)O)c3ccc(S(=O)(=O)[O-])cc3C2(C)CCCS(=O)(=O)[O-])C1(C)CCCS(=O)(=O)[O-].[Na+].[Na+].[Na+]. The third kappa shape index (κ3) is 17.5. The Kier molecular flexibility index (Phi) is 23.8. The summed E-state index contributed by atoms with van der Waals surface area (Å²) >= 11 is 0. The average molecular weight is 918 g/mol. The van der Waals surface area contributed by atoms with Crippen LogP contribution in [0.25, 0.3) is 0 Å². The van der Waals surface area contributed by atoms with Crippen LogP contribution in [-0.2, 0) is 50.7 Å². The van der Waals surface area contributed by atoms with Gasteiger partial charge < -0.3 is 23.3 Å². The van der Waals surface area contributed by atoms with Crippen LogP contribution in [0.4, 0.5) is 5.69 Å². The van der Waals surface area contributed by atoms with Crippen LogP contribution < -0.4 is 88.7 Å². The minimum atomic E-state index is -4.88. The van der Waals surface area contributed by atoms with E-state index in [-0.39, 0.29) is 134 Å². The fourth-order valence-corrected chi connectivity index (χ4v) is 8.91. The number of carboxylic acids is 1. The third-order valence-electron chi connectivity index (χ3n) is 9.82. The average Bonchev–Trinajstić information content (AvgIpc) is 3.39. The normalized spacial score (nSPS) is 20.6. The molecule has 0 fully saturated rings.